The van der Waals surface area contributed by atoms with E-state index >= 15 is 0 Å². The zero-order chi connectivity index (χ0) is 24.6. The molecule has 172 valence electrons. The number of nitrogens with zero attached hydrogens (tertiary/aromatic N) is 1. The molecule has 3 aromatic carbocycles. The fraction of sp³-hybridized carbons (Fsp3) is 0.154. The first-order valence-corrected chi connectivity index (χ1v) is 10.9. The molecule has 1 aliphatic heterocycles. The van der Waals surface area contributed by atoms with E-state index in [-0.39, 0.29) is 16.6 Å². The normalized spacial score (nSPS) is 13.0. The average molecular weight is 476 g/mol. The number of benzene rings is 3. The predicted molar refractivity (Wildman–Crippen MR) is 132 cm³/mol. The third-order valence-corrected chi connectivity index (χ3v) is 5.61. The summed E-state index contributed by atoms with van der Waals surface area (Å²) in [6.07, 6.45) is 0. The van der Waals surface area contributed by atoms with Gasteiger partial charge in [0.2, 0.25) is 5.91 Å². The van der Waals surface area contributed by atoms with Crippen LogP contribution in [-0.4, -0.2) is 23.6 Å². The first-order chi connectivity index (χ1) is 16.1. The lowest BCUT2D eigenvalue weighted by atomic mass is 9.95. The molecule has 8 heteroatoms. The first-order valence-electron chi connectivity index (χ1n) is 10.6. The molecule has 0 aromatic heterocycles. The molecule has 7 nitrogen and oxygen atoms in total. The van der Waals surface area contributed by atoms with Crippen LogP contribution in [0.25, 0.3) is 0 Å². The molecule has 1 heterocycles. The van der Waals surface area contributed by atoms with Crippen LogP contribution < -0.4 is 15.5 Å². The van der Waals surface area contributed by atoms with E-state index in [9.17, 15) is 19.2 Å². The fourth-order valence-corrected chi connectivity index (χ4v) is 3.70. The highest BCUT2D eigenvalue weighted by atomic mass is 35.5. The predicted octanol–water partition coefficient (Wildman–Crippen LogP) is 5.38. The van der Waals surface area contributed by atoms with Crippen LogP contribution in [0.4, 0.5) is 17.1 Å². The van der Waals surface area contributed by atoms with Crippen molar-refractivity contribution in [3.8, 4) is 0 Å². The van der Waals surface area contributed by atoms with Gasteiger partial charge in [0.25, 0.3) is 17.7 Å². The van der Waals surface area contributed by atoms with E-state index in [2.05, 4.69) is 10.6 Å². The van der Waals surface area contributed by atoms with Crippen molar-refractivity contribution in [2.24, 2.45) is 5.41 Å². The number of carbonyl (C=O) groups excluding carboxylic acids is 4. The third kappa shape index (κ3) is 4.43. The van der Waals surface area contributed by atoms with Crippen molar-refractivity contribution in [3.63, 3.8) is 0 Å². The van der Waals surface area contributed by atoms with Crippen LogP contribution in [-0.2, 0) is 4.79 Å². The molecule has 0 spiro atoms. The quantitative estimate of drug-likeness (QED) is 0.495. The summed E-state index contributed by atoms with van der Waals surface area (Å²) in [5, 5.41) is 5.68. The molecule has 0 saturated carbocycles. The Balaban J connectivity index is 1.51. The molecule has 1 aliphatic rings. The number of halogens is 1. The number of carbonyl (C=O) groups is 4. The number of fused-ring (bicyclic) bond motifs is 1. The molecule has 4 amide bonds. The molecule has 0 bridgehead atoms. The number of anilines is 3. The van der Waals surface area contributed by atoms with Crippen molar-refractivity contribution < 1.29 is 19.2 Å². The Morgan fingerprint density at radius 1 is 0.794 bits per heavy atom. The van der Waals surface area contributed by atoms with E-state index in [1.165, 1.54) is 12.1 Å². The van der Waals surface area contributed by atoms with Crippen molar-refractivity contribution in [2.45, 2.75) is 20.8 Å². The Morgan fingerprint density at radius 3 is 2.00 bits per heavy atom. The number of hydrogen-bond acceptors (Lipinski definition) is 4. The summed E-state index contributed by atoms with van der Waals surface area (Å²) in [5.41, 5.74) is 1.53. The zero-order valence-corrected chi connectivity index (χ0v) is 19.6. The largest absolute Gasteiger partial charge is 0.326 e. The van der Waals surface area contributed by atoms with Gasteiger partial charge in [-0.2, -0.15) is 0 Å². The molecule has 0 saturated heterocycles. The standard InChI is InChI=1S/C26H22ClN3O4/c1-26(2,3)25(34)29-16-8-6-7-15(13-16)22(31)28-17-11-12-21(20(27)14-17)30-23(32)18-9-4-5-10-19(18)24(30)33/h4-14H,1-3H3,(H,28,31)(H,29,34). The monoisotopic (exact) mass is 475 g/mol. The molecule has 0 aliphatic carbocycles. The summed E-state index contributed by atoms with van der Waals surface area (Å²) in [6.45, 7) is 5.40. The molecule has 0 atom stereocenters. The van der Waals surface area contributed by atoms with E-state index in [1.54, 1.807) is 75.4 Å². The van der Waals surface area contributed by atoms with Gasteiger partial charge in [-0.1, -0.05) is 50.6 Å². The average Bonchev–Trinajstić information content (AvgIpc) is 3.04. The number of hydrogen-bond donors (Lipinski definition) is 2. The first kappa shape index (κ1) is 23.2. The lowest BCUT2D eigenvalue weighted by molar-refractivity contribution is -0.123. The summed E-state index contributed by atoms with van der Waals surface area (Å²) >= 11 is 6.39. The Hall–Kier alpha value is -3.97. The fourth-order valence-electron chi connectivity index (χ4n) is 3.43. The molecule has 3 aromatic rings. The SMILES string of the molecule is CC(C)(C)C(=O)Nc1cccc(C(=O)Nc2ccc(N3C(=O)c4ccccc4C3=O)c(Cl)c2)c1. The smallest absolute Gasteiger partial charge is 0.266 e. The minimum atomic E-state index is -0.573. The van der Waals surface area contributed by atoms with Crippen molar-refractivity contribution >= 4 is 52.3 Å². The Kier molecular flexibility index (Phi) is 5.98. The summed E-state index contributed by atoms with van der Waals surface area (Å²) < 4.78 is 0. The summed E-state index contributed by atoms with van der Waals surface area (Å²) in [4.78, 5) is 51.5. The summed E-state index contributed by atoms with van der Waals surface area (Å²) in [7, 11) is 0. The maximum atomic E-state index is 12.8. The lowest BCUT2D eigenvalue weighted by Gasteiger charge is -2.18. The van der Waals surface area contributed by atoms with Crippen LogP contribution in [0.3, 0.4) is 0 Å². The van der Waals surface area contributed by atoms with Gasteiger partial charge in [0, 0.05) is 22.4 Å². The molecule has 4 rings (SSSR count). The van der Waals surface area contributed by atoms with Gasteiger partial charge in [-0.25, -0.2) is 4.90 Å². The van der Waals surface area contributed by atoms with Crippen LogP contribution in [0, 0.1) is 5.41 Å². The number of nitrogens with one attached hydrogen (secondary N) is 2. The molecule has 0 unspecified atom stereocenters. The number of rotatable bonds is 4. The minimum absolute atomic E-state index is 0.137. The number of amides is 4. The van der Waals surface area contributed by atoms with Gasteiger partial charge in [-0.3, -0.25) is 19.2 Å². The Labute approximate surface area is 201 Å². The van der Waals surface area contributed by atoms with E-state index in [0.29, 0.717) is 28.1 Å². The van der Waals surface area contributed by atoms with Crippen LogP contribution in [0.2, 0.25) is 5.02 Å². The Morgan fingerprint density at radius 2 is 1.41 bits per heavy atom. The maximum absolute atomic E-state index is 12.8. The van der Waals surface area contributed by atoms with E-state index in [0.717, 1.165) is 4.90 Å². The molecule has 0 radical (unpaired) electrons. The van der Waals surface area contributed by atoms with Gasteiger partial charge in [-0.05, 0) is 48.5 Å². The minimum Gasteiger partial charge on any atom is -0.326 e. The van der Waals surface area contributed by atoms with Crippen LogP contribution >= 0.6 is 11.6 Å². The van der Waals surface area contributed by atoms with Gasteiger partial charge >= 0.3 is 0 Å². The maximum Gasteiger partial charge on any atom is 0.266 e. The summed E-state index contributed by atoms with van der Waals surface area (Å²) in [6, 6.07) is 17.7. The van der Waals surface area contributed by atoms with Gasteiger partial charge in [-0.15, -0.1) is 0 Å². The van der Waals surface area contributed by atoms with Gasteiger partial charge in [0.1, 0.15) is 0 Å². The van der Waals surface area contributed by atoms with Crippen molar-refractivity contribution in [2.75, 3.05) is 15.5 Å². The third-order valence-electron chi connectivity index (χ3n) is 5.30. The zero-order valence-electron chi connectivity index (χ0n) is 18.8. The van der Waals surface area contributed by atoms with Gasteiger partial charge in [0.05, 0.1) is 21.8 Å². The second-order valence-electron chi connectivity index (χ2n) is 8.90. The highest BCUT2D eigenvalue weighted by Gasteiger charge is 2.37. The number of imide groups is 1. The van der Waals surface area contributed by atoms with Crippen LogP contribution in [0.15, 0.2) is 66.7 Å². The molecular weight excluding hydrogens is 454 g/mol. The highest BCUT2D eigenvalue weighted by molar-refractivity contribution is 6.40. The molecule has 0 fully saturated rings. The highest BCUT2D eigenvalue weighted by Crippen LogP contribution is 2.35. The molecule has 34 heavy (non-hydrogen) atoms. The second kappa shape index (κ2) is 8.76. The van der Waals surface area contributed by atoms with Crippen LogP contribution in [0.1, 0.15) is 51.8 Å². The van der Waals surface area contributed by atoms with Gasteiger partial charge in [0.15, 0.2) is 0 Å². The van der Waals surface area contributed by atoms with Crippen LogP contribution in [0.5, 0.6) is 0 Å². The van der Waals surface area contributed by atoms with E-state index < -0.39 is 23.1 Å². The Bertz CT molecular complexity index is 1310. The van der Waals surface area contributed by atoms with Crippen molar-refractivity contribution in [1.29, 1.82) is 0 Å². The van der Waals surface area contributed by atoms with Gasteiger partial charge < -0.3 is 10.6 Å². The van der Waals surface area contributed by atoms with Crippen molar-refractivity contribution in [1.82, 2.24) is 0 Å². The lowest BCUT2D eigenvalue weighted by Crippen LogP contribution is -2.29. The molecular formula is C26H22ClN3O4. The van der Waals surface area contributed by atoms with E-state index in [1.807, 2.05) is 0 Å². The van der Waals surface area contributed by atoms with Crippen molar-refractivity contribution in [3.05, 3.63) is 88.4 Å². The second-order valence-corrected chi connectivity index (χ2v) is 9.30. The van der Waals surface area contributed by atoms with E-state index in [4.69, 9.17) is 11.6 Å². The molecule has 2 N–H and O–H groups in total. The summed E-state index contributed by atoms with van der Waals surface area (Å²) in [5.74, 6) is -1.47. The topological polar surface area (TPSA) is 95.6 Å².